The largest absolute Gasteiger partial charge is 0.395 e. The first kappa shape index (κ1) is 20.2. The third kappa shape index (κ3) is 3.64. The Labute approximate surface area is 184 Å². The van der Waals surface area contributed by atoms with Crippen LogP contribution in [0, 0.1) is 12.7 Å². The summed E-state index contributed by atoms with van der Waals surface area (Å²) in [5.41, 5.74) is 3.76. The molecule has 3 heterocycles. The van der Waals surface area contributed by atoms with Crippen molar-refractivity contribution < 1.29 is 9.50 Å². The van der Waals surface area contributed by atoms with Gasteiger partial charge in [-0.05, 0) is 72.8 Å². The number of hydrogen-bond acceptors (Lipinski definition) is 5. The molecule has 1 aliphatic heterocycles. The maximum absolute atomic E-state index is 13.3. The number of benzene rings is 2. The van der Waals surface area contributed by atoms with E-state index in [1.54, 1.807) is 28.8 Å². The molecule has 4 aromatic rings. The highest BCUT2D eigenvalue weighted by molar-refractivity contribution is 7.97. The molecule has 1 atom stereocenters. The van der Waals surface area contributed by atoms with Gasteiger partial charge in [-0.3, -0.25) is 4.68 Å². The van der Waals surface area contributed by atoms with Crippen molar-refractivity contribution in [1.29, 1.82) is 0 Å². The van der Waals surface area contributed by atoms with Crippen molar-refractivity contribution in [2.45, 2.75) is 23.7 Å². The van der Waals surface area contributed by atoms with Crippen LogP contribution in [-0.2, 0) is 12.5 Å². The molecular weight excluding hydrogens is 413 g/mol. The van der Waals surface area contributed by atoms with E-state index in [-0.39, 0.29) is 17.8 Å². The quantitative estimate of drug-likeness (QED) is 0.481. The molecule has 0 saturated carbocycles. The van der Waals surface area contributed by atoms with Gasteiger partial charge in [-0.1, -0.05) is 0 Å². The fourth-order valence-corrected chi connectivity index (χ4v) is 5.57. The van der Waals surface area contributed by atoms with E-state index in [1.807, 2.05) is 30.3 Å². The van der Waals surface area contributed by atoms with Crippen LogP contribution in [0.3, 0.4) is 0 Å². The van der Waals surface area contributed by atoms with Gasteiger partial charge >= 0.3 is 0 Å². The zero-order valence-electron chi connectivity index (χ0n) is 17.5. The monoisotopic (exact) mass is 437 g/mol. The van der Waals surface area contributed by atoms with Gasteiger partial charge in [-0.15, -0.1) is 0 Å². The van der Waals surface area contributed by atoms with Crippen molar-refractivity contribution in [2.75, 3.05) is 19.7 Å². The van der Waals surface area contributed by atoms with Crippen molar-refractivity contribution in [3.05, 3.63) is 71.9 Å². The molecule has 1 fully saturated rings. The molecule has 2 aromatic carbocycles. The number of halogens is 1. The minimum Gasteiger partial charge on any atom is -0.395 e. The van der Waals surface area contributed by atoms with Crippen molar-refractivity contribution in [1.82, 2.24) is 23.9 Å². The van der Waals surface area contributed by atoms with E-state index in [9.17, 15) is 9.50 Å². The van der Waals surface area contributed by atoms with Crippen LogP contribution in [0.1, 0.15) is 17.5 Å². The molecule has 0 amide bonds. The van der Waals surface area contributed by atoms with Gasteiger partial charge in [0, 0.05) is 37.1 Å². The van der Waals surface area contributed by atoms with E-state index in [0.717, 1.165) is 52.1 Å². The maximum atomic E-state index is 13.3. The number of aryl methyl sites for hydroxylation is 2. The number of aromatic nitrogens is 4. The molecule has 31 heavy (non-hydrogen) atoms. The first-order valence-electron chi connectivity index (χ1n) is 10.2. The molecular formula is C23H24FN5OS. The van der Waals surface area contributed by atoms with Crippen LogP contribution in [0.15, 0.2) is 59.9 Å². The lowest BCUT2D eigenvalue weighted by Crippen LogP contribution is -2.33. The van der Waals surface area contributed by atoms with E-state index in [0.29, 0.717) is 0 Å². The first-order chi connectivity index (χ1) is 15.0. The predicted molar refractivity (Wildman–Crippen MR) is 120 cm³/mol. The fourth-order valence-electron chi connectivity index (χ4n) is 4.48. The van der Waals surface area contributed by atoms with E-state index in [1.165, 1.54) is 12.1 Å². The predicted octanol–water partition coefficient (Wildman–Crippen LogP) is 3.85. The maximum Gasteiger partial charge on any atom is 0.123 e. The standard InChI is InChI=1S/C23H24FN5OS/c1-16-9-22-17(11-26-29(22)19-5-3-18(24)4-6-19)10-21(16)23(15-30)7-8-28(14-23)31-20-12-25-27(2)13-20/h3-6,9-13,30H,7-8,14-15H2,1-2H3. The van der Waals surface area contributed by atoms with Crippen molar-refractivity contribution in [2.24, 2.45) is 7.05 Å². The highest BCUT2D eigenvalue weighted by atomic mass is 32.2. The highest BCUT2D eigenvalue weighted by Gasteiger charge is 2.41. The Kier molecular flexibility index (Phi) is 5.08. The highest BCUT2D eigenvalue weighted by Crippen LogP contribution is 2.41. The molecule has 8 heteroatoms. The van der Waals surface area contributed by atoms with E-state index in [4.69, 9.17) is 0 Å². The summed E-state index contributed by atoms with van der Waals surface area (Å²) < 4.78 is 19.3. The Hall–Kier alpha value is -2.68. The number of fused-ring (bicyclic) bond motifs is 1. The van der Waals surface area contributed by atoms with Crippen LogP contribution in [0.5, 0.6) is 0 Å². The molecule has 1 N–H and O–H groups in total. The molecule has 0 bridgehead atoms. The van der Waals surface area contributed by atoms with Crippen LogP contribution in [-0.4, -0.2) is 48.7 Å². The van der Waals surface area contributed by atoms with Gasteiger partial charge in [0.25, 0.3) is 0 Å². The Morgan fingerprint density at radius 1 is 1.16 bits per heavy atom. The van der Waals surface area contributed by atoms with Crippen molar-refractivity contribution in [3.8, 4) is 5.69 Å². The van der Waals surface area contributed by atoms with Gasteiger partial charge in [-0.25, -0.2) is 13.4 Å². The van der Waals surface area contributed by atoms with Crippen molar-refractivity contribution in [3.63, 3.8) is 0 Å². The molecule has 6 nitrogen and oxygen atoms in total. The minimum atomic E-state index is -0.314. The van der Waals surface area contributed by atoms with Gasteiger partial charge in [0.1, 0.15) is 5.82 Å². The third-order valence-electron chi connectivity index (χ3n) is 6.09. The second-order valence-electron chi connectivity index (χ2n) is 8.25. The summed E-state index contributed by atoms with van der Waals surface area (Å²) in [5.74, 6) is -0.265. The third-order valence-corrected chi connectivity index (χ3v) is 7.09. The average molecular weight is 438 g/mol. The van der Waals surface area contributed by atoms with Crippen molar-refractivity contribution >= 4 is 22.9 Å². The van der Waals surface area contributed by atoms with E-state index < -0.39 is 0 Å². The number of rotatable bonds is 5. The summed E-state index contributed by atoms with van der Waals surface area (Å²) in [4.78, 5) is 1.10. The number of aliphatic hydroxyl groups is 1. The smallest absolute Gasteiger partial charge is 0.123 e. The second kappa shape index (κ2) is 7.78. The van der Waals surface area contributed by atoms with Gasteiger partial charge < -0.3 is 5.11 Å². The Bertz CT molecular complexity index is 1230. The lowest BCUT2D eigenvalue weighted by molar-refractivity contribution is 0.201. The van der Waals surface area contributed by atoms with Gasteiger partial charge in [-0.2, -0.15) is 10.2 Å². The van der Waals surface area contributed by atoms with Gasteiger partial charge in [0.15, 0.2) is 0 Å². The number of hydrogen-bond donors (Lipinski definition) is 1. The first-order valence-corrected chi connectivity index (χ1v) is 11.0. The van der Waals surface area contributed by atoms with Crippen LogP contribution in [0.2, 0.25) is 0 Å². The molecule has 5 rings (SSSR count). The molecule has 0 aliphatic carbocycles. The number of aliphatic hydroxyl groups excluding tert-OH is 1. The molecule has 1 unspecified atom stereocenters. The van der Waals surface area contributed by atoms with Crippen LogP contribution in [0.25, 0.3) is 16.6 Å². The zero-order valence-corrected chi connectivity index (χ0v) is 18.3. The summed E-state index contributed by atoms with van der Waals surface area (Å²) in [7, 11) is 1.91. The summed E-state index contributed by atoms with van der Waals surface area (Å²) in [6.07, 6.45) is 6.59. The van der Waals surface area contributed by atoms with E-state index in [2.05, 4.69) is 33.6 Å². The Morgan fingerprint density at radius 3 is 2.68 bits per heavy atom. The molecule has 0 radical (unpaired) electrons. The average Bonchev–Trinajstić information content (AvgIpc) is 3.47. The molecule has 1 saturated heterocycles. The zero-order chi connectivity index (χ0) is 21.6. The molecule has 1 aliphatic rings. The lowest BCUT2D eigenvalue weighted by Gasteiger charge is -2.29. The topological polar surface area (TPSA) is 59.1 Å². The van der Waals surface area contributed by atoms with Crippen LogP contribution in [0.4, 0.5) is 4.39 Å². The molecule has 0 spiro atoms. The SMILES string of the molecule is Cc1cc2c(cnn2-c2ccc(F)cc2)cc1C1(CO)CCN(Sc2cnn(C)c2)C1. The summed E-state index contributed by atoms with van der Waals surface area (Å²) in [6, 6.07) is 10.6. The van der Waals surface area contributed by atoms with Crippen LogP contribution >= 0.6 is 11.9 Å². The summed E-state index contributed by atoms with van der Waals surface area (Å²) in [6.45, 7) is 3.84. The molecule has 160 valence electrons. The van der Waals surface area contributed by atoms with Crippen LogP contribution < -0.4 is 0 Å². The Morgan fingerprint density at radius 2 is 1.97 bits per heavy atom. The fraction of sp³-hybridized carbons (Fsp3) is 0.304. The minimum absolute atomic E-state index is 0.0928. The molecule has 2 aromatic heterocycles. The summed E-state index contributed by atoms with van der Waals surface area (Å²) >= 11 is 1.69. The number of nitrogens with zero attached hydrogens (tertiary/aromatic N) is 5. The normalized spacial score (nSPS) is 19.5. The Balaban J connectivity index is 1.47. The second-order valence-corrected chi connectivity index (χ2v) is 9.42. The van der Waals surface area contributed by atoms with Gasteiger partial charge in [0.05, 0.1) is 35.1 Å². The van der Waals surface area contributed by atoms with E-state index >= 15 is 0 Å². The van der Waals surface area contributed by atoms with Gasteiger partial charge in [0.2, 0.25) is 0 Å². The summed E-state index contributed by atoms with van der Waals surface area (Å²) in [5, 5.41) is 20.2. The lowest BCUT2D eigenvalue weighted by atomic mass is 9.78.